The third kappa shape index (κ3) is 2.87. The van der Waals surface area contributed by atoms with Crippen LogP contribution in [0.1, 0.15) is 38.2 Å². The molecule has 0 aliphatic heterocycles. The van der Waals surface area contributed by atoms with Crippen molar-refractivity contribution in [3.05, 3.63) is 35.2 Å². The third-order valence-electron chi connectivity index (χ3n) is 5.07. The van der Waals surface area contributed by atoms with E-state index in [0.29, 0.717) is 5.92 Å². The summed E-state index contributed by atoms with van der Waals surface area (Å²) in [6, 6.07) is 8.67. The Bertz CT molecular complexity index is 608. The largest absolute Gasteiger partial charge is 0.377 e. The van der Waals surface area contributed by atoms with Gasteiger partial charge < -0.3 is 10.5 Å². The average molecular weight is 303 g/mol. The fraction of sp³-hybridized carbons (Fsp3) is 0.556. The van der Waals surface area contributed by atoms with Gasteiger partial charge in [0.25, 0.3) is 0 Å². The molecule has 2 nitrogen and oxygen atoms in total. The minimum atomic E-state index is -0.138. The molecule has 1 heterocycles. The summed E-state index contributed by atoms with van der Waals surface area (Å²) in [4.78, 5) is 0. The number of rotatable bonds is 4. The number of ether oxygens (including phenoxy) is 1. The van der Waals surface area contributed by atoms with E-state index in [4.69, 9.17) is 10.5 Å². The van der Waals surface area contributed by atoms with Gasteiger partial charge in [0.05, 0.1) is 5.60 Å². The van der Waals surface area contributed by atoms with Gasteiger partial charge in [-0.05, 0) is 47.6 Å². The van der Waals surface area contributed by atoms with Crippen molar-refractivity contribution in [1.82, 2.24) is 0 Å². The molecule has 2 aromatic rings. The van der Waals surface area contributed by atoms with Crippen LogP contribution in [-0.2, 0) is 11.2 Å². The lowest BCUT2D eigenvalue weighted by atomic mass is 9.73. The normalized spacial score (nSPS) is 27.9. The van der Waals surface area contributed by atoms with Gasteiger partial charge in [-0.3, -0.25) is 0 Å². The Kier molecular flexibility index (Phi) is 4.34. The van der Waals surface area contributed by atoms with Gasteiger partial charge in [0, 0.05) is 17.9 Å². The summed E-state index contributed by atoms with van der Waals surface area (Å²) in [5, 5.41) is 3.62. The summed E-state index contributed by atoms with van der Waals surface area (Å²) in [5.41, 5.74) is 7.85. The van der Waals surface area contributed by atoms with Crippen LogP contribution in [0.25, 0.3) is 10.1 Å². The van der Waals surface area contributed by atoms with E-state index in [2.05, 4.69) is 36.6 Å². The number of hydrogen-bond acceptors (Lipinski definition) is 3. The first-order valence-electron chi connectivity index (χ1n) is 7.90. The molecular weight excluding hydrogens is 278 g/mol. The molecule has 3 rings (SSSR count). The quantitative estimate of drug-likeness (QED) is 0.910. The number of methoxy groups -OCH3 is 1. The van der Waals surface area contributed by atoms with Gasteiger partial charge in [-0.15, -0.1) is 11.3 Å². The molecule has 1 aliphatic carbocycles. The lowest BCUT2D eigenvalue weighted by Crippen LogP contribution is -2.53. The topological polar surface area (TPSA) is 35.2 Å². The predicted octanol–water partition coefficient (Wildman–Crippen LogP) is 4.37. The molecule has 1 saturated carbocycles. The summed E-state index contributed by atoms with van der Waals surface area (Å²) < 4.78 is 7.30. The van der Waals surface area contributed by atoms with Crippen LogP contribution in [0, 0.1) is 5.92 Å². The molecule has 3 heteroatoms. The SMILES string of the molecule is COC1(C(N)Cc2csc3ccccc23)CCCC(C)C1. The van der Waals surface area contributed by atoms with Gasteiger partial charge >= 0.3 is 0 Å². The highest BCUT2D eigenvalue weighted by Crippen LogP contribution is 2.38. The molecule has 0 spiro atoms. The molecular formula is C18H25NOS. The maximum atomic E-state index is 6.62. The average Bonchev–Trinajstić information content (AvgIpc) is 2.90. The fourth-order valence-electron chi connectivity index (χ4n) is 3.83. The Morgan fingerprint density at radius 2 is 2.24 bits per heavy atom. The van der Waals surface area contributed by atoms with Crippen LogP contribution < -0.4 is 5.73 Å². The van der Waals surface area contributed by atoms with E-state index < -0.39 is 0 Å². The third-order valence-corrected chi connectivity index (χ3v) is 6.09. The molecule has 0 radical (unpaired) electrons. The van der Waals surface area contributed by atoms with Gasteiger partial charge in [0.1, 0.15) is 0 Å². The monoisotopic (exact) mass is 303 g/mol. The van der Waals surface area contributed by atoms with Crippen molar-refractivity contribution in [2.24, 2.45) is 11.7 Å². The van der Waals surface area contributed by atoms with Crippen molar-refractivity contribution in [2.45, 2.75) is 50.7 Å². The van der Waals surface area contributed by atoms with E-state index in [-0.39, 0.29) is 11.6 Å². The first-order valence-corrected chi connectivity index (χ1v) is 8.78. The first kappa shape index (κ1) is 15.0. The van der Waals surface area contributed by atoms with Crippen molar-refractivity contribution in [3.8, 4) is 0 Å². The van der Waals surface area contributed by atoms with E-state index in [9.17, 15) is 0 Å². The Hall–Kier alpha value is -0.900. The predicted molar refractivity (Wildman–Crippen MR) is 90.9 cm³/mol. The second kappa shape index (κ2) is 6.07. The van der Waals surface area contributed by atoms with Gasteiger partial charge in [0.15, 0.2) is 0 Å². The first-order chi connectivity index (χ1) is 10.1. The summed E-state index contributed by atoms with van der Waals surface area (Å²) in [5.74, 6) is 0.712. The number of benzene rings is 1. The molecule has 1 aliphatic rings. The summed E-state index contributed by atoms with van der Waals surface area (Å²) in [6.45, 7) is 2.32. The lowest BCUT2D eigenvalue weighted by molar-refractivity contribution is -0.0704. The molecule has 114 valence electrons. The lowest BCUT2D eigenvalue weighted by Gasteiger charge is -2.43. The van der Waals surface area contributed by atoms with E-state index in [0.717, 1.165) is 19.3 Å². The van der Waals surface area contributed by atoms with E-state index in [1.807, 2.05) is 18.4 Å². The Morgan fingerprint density at radius 1 is 1.43 bits per heavy atom. The van der Waals surface area contributed by atoms with Crippen molar-refractivity contribution in [2.75, 3.05) is 7.11 Å². The van der Waals surface area contributed by atoms with Crippen LogP contribution >= 0.6 is 11.3 Å². The van der Waals surface area contributed by atoms with Crippen molar-refractivity contribution in [1.29, 1.82) is 0 Å². The highest BCUT2D eigenvalue weighted by molar-refractivity contribution is 7.17. The molecule has 0 bridgehead atoms. The van der Waals surface area contributed by atoms with Crippen LogP contribution in [0.3, 0.4) is 0 Å². The summed E-state index contributed by atoms with van der Waals surface area (Å²) in [7, 11) is 1.84. The zero-order valence-corrected chi connectivity index (χ0v) is 13.8. The zero-order valence-electron chi connectivity index (χ0n) is 13.0. The Labute approximate surface area is 131 Å². The summed E-state index contributed by atoms with van der Waals surface area (Å²) in [6.07, 6.45) is 5.63. The van der Waals surface area contributed by atoms with E-state index >= 15 is 0 Å². The van der Waals surface area contributed by atoms with Crippen LogP contribution in [0.15, 0.2) is 29.6 Å². The molecule has 1 fully saturated rings. The number of thiophene rings is 1. The van der Waals surface area contributed by atoms with Gasteiger partial charge in [-0.2, -0.15) is 0 Å². The minimum Gasteiger partial charge on any atom is -0.377 e. The van der Waals surface area contributed by atoms with Crippen LogP contribution in [-0.4, -0.2) is 18.8 Å². The second-order valence-electron chi connectivity index (χ2n) is 6.54. The highest BCUT2D eigenvalue weighted by atomic mass is 32.1. The van der Waals surface area contributed by atoms with Crippen LogP contribution in [0.4, 0.5) is 0 Å². The molecule has 0 amide bonds. The van der Waals surface area contributed by atoms with Crippen LogP contribution in [0.5, 0.6) is 0 Å². The van der Waals surface area contributed by atoms with Crippen molar-refractivity contribution >= 4 is 21.4 Å². The molecule has 1 aromatic carbocycles. The number of fused-ring (bicyclic) bond motifs is 1. The zero-order chi connectivity index (χ0) is 14.9. The van der Waals surface area contributed by atoms with E-state index in [1.165, 1.54) is 28.5 Å². The Morgan fingerprint density at radius 3 is 3.00 bits per heavy atom. The standard InChI is InChI=1S/C18H25NOS/c1-13-6-5-9-18(11-13,20-2)17(19)10-14-12-21-16-8-4-3-7-15(14)16/h3-4,7-8,12-13,17H,5-6,9-11,19H2,1-2H3. The number of nitrogens with two attached hydrogens (primary N) is 1. The molecule has 1 aromatic heterocycles. The Balaban J connectivity index is 1.83. The van der Waals surface area contributed by atoms with Gasteiger partial charge in [0.2, 0.25) is 0 Å². The van der Waals surface area contributed by atoms with Crippen molar-refractivity contribution < 1.29 is 4.74 Å². The number of hydrogen-bond donors (Lipinski definition) is 1. The highest BCUT2D eigenvalue weighted by Gasteiger charge is 2.40. The maximum Gasteiger partial charge on any atom is 0.0834 e. The van der Waals surface area contributed by atoms with E-state index in [1.54, 1.807) is 0 Å². The van der Waals surface area contributed by atoms with Gasteiger partial charge in [-0.1, -0.05) is 38.0 Å². The van der Waals surface area contributed by atoms with Crippen molar-refractivity contribution in [3.63, 3.8) is 0 Å². The molecule has 21 heavy (non-hydrogen) atoms. The van der Waals surface area contributed by atoms with Gasteiger partial charge in [-0.25, -0.2) is 0 Å². The second-order valence-corrected chi connectivity index (χ2v) is 7.45. The van der Waals surface area contributed by atoms with Crippen LogP contribution in [0.2, 0.25) is 0 Å². The molecule has 0 saturated heterocycles. The maximum absolute atomic E-state index is 6.62. The fourth-order valence-corrected chi connectivity index (χ4v) is 4.81. The minimum absolute atomic E-state index is 0.0725. The smallest absolute Gasteiger partial charge is 0.0834 e. The molecule has 3 unspecified atom stereocenters. The molecule has 3 atom stereocenters. The molecule has 2 N–H and O–H groups in total. The summed E-state index contributed by atoms with van der Waals surface area (Å²) >= 11 is 1.81.